The van der Waals surface area contributed by atoms with E-state index in [0.717, 1.165) is 6.07 Å². The molecule has 0 aliphatic carbocycles. The summed E-state index contributed by atoms with van der Waals surface area (Å²) >= 11 is 10.9. The van der Waals surface area contributed by atoms with Crippen molar-refractivity contribution in [1.82, 2.24) is 14.3 Å². The molecule has 1 aromatic carbocycles. The van der Waals surface area contributed by atoms with Gasteiger partial charge in [0.1, 0.15) is 5.82 Å². The van der Waals surface area contributed by atoms with Crippen LogP contribution in [0.15, 0.2) is 16.9 Å². The summed E-state index contributed by atoms with van der Waals surface area (Å²) < 4.78 is 16.9. The Bertz CT molecular complexity index is 891. The van der Waals surface area contributed by atoms with Gasteiger partial charge in [-0.2, -0.15) is 5.10 Å². The predicted octanol–water partition coefficient (Wildman–Crippen LogP) is 2.27. The van der Waals surface area contributed by atoms with Crippen molar-refractivity contribution in [3.8, 4) is 11.3 Å². The Morgan fingerprint density at radius 2 is 2.05 bits per heavy atom. The van der Waals surface area contributed by atoms with E-state index in [9.17, 15) is 14.0 Å². The van der Waals surface area contributed by atoms with Crippen molar-refractivity contribution in [3.05, 3.63) is 38.1 Å². The summed E-state index contributed by atoms with van der Waals surface area (Å²) in [4.78, 5) is 23.4. The highest BCUT2D eigenvalue weighted by Gasteiger charge is 2.17. The van der Waals surface area contributed by atoms with E-state index in [-0.39, 0.29) is 32.6 Å². The molecule has 0 unspecified atom stereocenters. The van der Waals surface area contributed by atoms with Crippen LogP contribution in [-0.4, -0.2) is 20.3 Å². The van der Waals surface area contributed by atoms with E-state index >= 15 is 0 Å². The molecule has 0 aliphatic heterocycles. The minimum Gasteiger partial charge on any atom is -0.325 e. The lowest BCUT2D eigenvalue weighted by molar-refractivity contribution is -0.114. The average Bonchev–Trinajstić information content (AvgIpc) is 2.43. The Morgan fingerprint density at radius 3 is 2.64 bits per heavy atom. The molecule has 0 spiro atoms. The molecular weight excluding hydrogens is 331 g/mol. The van der Waals surface area contributed by atoms with Crippen LogP contribution in [0.4, 0.5) is 10.1 Å². The molecule has 22 heavy (non-hydrogen) atoms. The van der Waals surface area contributed by atoms with E-state index in [2.05, 4.69) is 10.4 Å². The van der Waals surface area contributed by atoms with E-state index in [0.29, 0.717) is 0 Å². The van der Waals surface area contributed by atoms with Gasteiger partial charge in [-0.1, -0.05) is 11.6 Å². The van der Waals surface area contributed by atoms with Gasteiger partial charge in [-0.25, -0.2) is 9.07 Å². The van der Waals surface area contributed by atoms with Crippen LogP contribution in [0.25, 0.3) is 11.3 Å². The van der Waals surface area contributed by atoms with E-state index in [1.165, 1.54) is 29.3 Å². The lowest BCUT2D eigenvalue weighted by Gasteiger charge is -2.11. The summed E-state index contributed by atoms with van der Waals surface area (Å²) in [5.74, 6) is -1.09. The zero-order valence-corrected chi connectivity index (χ0v) is 13.5. The van der Waals surface area contributed by atoms with Crippen molar-refractivity contribution in [1.29, 1.82) is 0 Å². The highest BCUT2D eigenvalue weighted by Crippen LogP contribution is 2.29. The molecule has 0 aliphatic rings. The molecule has 0 saturated heterocycles. The number of hydrogen-bond acceptors (Lipinski definition) is 4. The van der Waals surface area contributed by atoms with Gasteiger partial charge in [-0.05, 0) is 24.4 Å². The van der Waals surface area contributed by atoms with Crippen LogP contribution < -0.4 is 10.9 Å². The van der Waals surface area contributed by atoms with Crippen LogP contribution in [0.3, 0.4) is 0 Å². The van der Waals surface area contributed by atoms with Gasteiger partial charge in [0, 0.05) is 26.6 Å². The summed E-state index contributed by atoms with van der Waals surface area (Å²) in [7, 11) is 3.02. The standard InChI is InChI=1S/C13H12ClFN4O2S/c1-6(20)16-10-4-7(9(15)5-8(10)14)11-12(21)18(2)13(22)19(3)17-11/h4-5H,1-3H3,(H,16,20). The largest absolute Gasteiger partial charge is 0.325 e. The molecule has 2 aromatic rings. The number of carbonyl (C=O) groups is 1. The van der Waals surface area contributed by atoms with Gasteiger partial charge >= 0.3 is 0 Å². The molecule has 1 N–H and O–H groups in total. The smallest absolute Gasteiger partial charge is 0.280 e. The molecule has 0 atom stereocenters. The first kappa shape index (κ1) is 16.3. The Morgan fingerprint density at radius 1 is 1.41 bits per heavy atom. The molecule has 9 heteroatoms. The van der Waals surface area contributed by atoms with Gasteiger partial charge < -0.3 is 5.32 Å². The molecule has 0 bridgehead atoms. The molecule has 1 heterocycles. The summed E-state index contributed by atoms with van der Waals surface area (Å²) in [6, 6.07) is 2.29. The van der Waals surface area contributed by atoms with Gasteiger partial charge in [-0.15, -0.1) is 0 Å². The number of rotatable bonds is 2. The van der Waals surface area contributed by atoms with Gasteiger partial charge in [0.2, 0.25) is 5.91 Å². The van der Waals surface area contributed by atoms with Crippen molar-refractivity contribution in [2.24, 2.45) is 14.1 Å². The van der Waals surface area contributed by atoms with Crippen LogP contribution in [0.1, 0.15) is 6.92 Å². The Kier molecular flexibility index (Phi) is 4.43. The van der Waals surface area contributed by atoms with E-state index in [1.54, 1.807) is 7.05 Å². The molecule has 0 radical (unpaired) electrons. The lowest BCUT2D eigenvalue weighted by atomic mass is 10.1. The number of aromatic nitrogens is 3. The summed E-state index contributed by atoms with van der Waals surface area (Å²) in [6.07, 6.45) is 0. The first-order valence-corrected chi connectivity index (χ1v) is 6.92. The molecule has 1 amide bonds. The van der Waals surface area contributed by atoms with Crippen LogP contribution in [0.2, 0.25) is 5.02 Å². The predicted molar refractivity (Wildman–Crippen MR) is 84.0 cm³/mol. The Hall–Kier alpha value is -2.06. The summed E-state index contributed by atoms with van der Waals surface area (Å²) in [5.41, 5.74) is -0.545. The van der Waals surface area contributed by atoms with Crippen LogP contribution in [0, 0.1) is 10.6 Å². The fourth-order valence-electron chi connectivity index (χ4n) is 1.88. The molecular formula is C13H12ClFN4O2S. The summed E-state index contributed by atoms with van der Waals surface area (Å²) in [5, 5.41) is 6.49. The van der Waals surface area contributed by atoms with Crippen molar-refractivity contribution in [2.75, 3.05) is 5.32 Å². The Labute approximate surface area is 135 Å². The molecule has 0 fully saturated rings. The van der Waals surface area contributed by atoms with E-state index in [1.807, 2.05) is 0 Å². The topological polar surface area (TPSA) is 68.9 Å². The monoisotopic (exact) mass is 342 g/mol. The SMILES string of the molecule is CC(=O)Nc1cc(-c2nn(C)c(=S)n(C)c2=O)c(F)cc1Cl. The fraction of sp³-hybridized carbons (Fsp3) is 0.231. The normalized spacial score (nSPS) is 10.6. The van der Waals surface area contributed by atoms with Crippen molar-refractivity contribution in [2.45, 2.75) is 6.92 Å². The van der Waals surface area contributed by atoms with Gasteiger partial charge in [0.15, 0.2) is 10.5 Å². The number of carbonyl (C=O) groups excluding carboxylic acids is 1. The zero-order valence-electron chi connectivity index (χ0n) is 12.0. The Balaban J connectivity index is 2.76. The highest BCUT2D eigenvalue weighted by molar-refractivity contribution is 7.71. The fourth-order valence-corrected chi connectivity index (χ4v) is 2.20. The van der Waals surface area contributed by atoms with Crippen LogP contribution >= 0.6 is 23.8 Å². The van der Waals surface area contributed by atoms with Crippen LogP contribution in [0.5, 0.6) is 0 Å². The number of aryl methyl sites for hydroxylation is 1. The second-order valence-electron chi connectivity index (χ2n) is 4.61. The number of amides is 1. The number of nitrogens with one attached hydrogen (secondary N) is 1. The minimum absolute atomic E-state index is 0.0255. The van der Waals surface area contributed by atoms with E-state index < -0.39 is 11.4 Å². The quantitative estimate of drug-likeness (QED) is 0.850. The van der Waals surface area contributed by atoms with Crippen LogP contribution in [-0.2, 0) is 18.9 Å². The number of anilines is 1. The van der Waals surface area contributed by atoms with Gasteiger partial charge in [0.05, 0.1) is 10.7 Å². The van der Waals surface area contributed by atoms with Crippen molar-refractivity contribution in [3.63, 3.8) is 0 Å². The van der Waals surface area contributed by atoms with Gasteiger partial charge in [-0.3, -0.25) is 14.2 Å². The first-order valence-electron chi connectivity index (χ1n) is 6.13. The third-order valence-corrected chi connectivity index (χ3v) is 3.79. The maximum absolute atomic E-state index is 14.2. The first-order chi connectivity index (χ1) is 10.2. The third-order valence-electron chi connectivity index (χ3n) is 2.94. The number of benzene rings is 1. The second-order valence-corrected chi connectivity index (χ2v) is 5.38. The van der Waals surface area contributed by atoms with Crippen molar-refractivity contribution < 1.29 is 9.18 Å². The number of hydrogen-bond donors (Lipinski definition) is 1. The number of nitrogens with zero attached hydrogens (tertiary/aromatic N) is 3. The number of halogens is 2. The van der Waals surface area contributed by atoms with Crippen molar-refractivity contribution >= 4 is 35.4 Å². The van der Waals surface area contributed by atoms with Gasteiger partial charge in [0.25, 0.3) is 5.56 Å². The molecule has 0 saturated carbocycles. The second kappa shape index (κ2) is 5.98. The summed E-state index contributed by atoms with van der Waals surface area (Å²) in [6.45, 7) is 1.29. The molecule has 116 valence electrons. The molecule has 2 rings (SSSR count). The molecule has 6 nitrogen and oxygen atoms in total. The van der Waals surface area contributed by atoms with E-state index in [4.69, 9.17) is 23.8 Å². The highest BCUT2D eigenvalue weighted by atomic mass is 35.5. The maximum Gasteiger partial charge on any atom is 0.280 e. The third kappa shape index (κ3) is 2.93. The molecule has 1 aromatic heterocycles. The maximum atomic E-state index is 14.2. The average molecular weight is 343 g/mol. The minimum atomic E-state index is -0.721. The zero-order chi connectivity index (χ0) is 16.6. The lowest BCUT2D eigenvalue weighted by Crippen LogP contribution is -2.26.